The number of benzene rings is 1. The highest BCUT2D eigenvalue weighted by Crippen LogP contribution is 2.20. The van der Waals surface area contributed by atoms with E-state index >= 15 is 0 Å². The van der Waals surface area contributed by atoms with Gasteiger partial charge in [-0.25, -0.2) is 4.79 Å². The number of anilines is 1. The summed E-state index contributed by atoms with van der Waals surface area (Å²) in [4.78, 5) is 12.5. The van der Waals surface area contributed by atoms with Crippen LogP contribution >= 0.6 is 27.3 Å². The molecule has 88 valence electrons. The molecule has 2 aromatic rings. The number of hydrogen-bond donors (Lipinski definition) is 1. The second kappa shape index (κ2) is 5.84. The van der Waals surface area contributed by atoms with Crippen LogP contribution in [0.4, 0.5) is 10.5 Å². The summed E-state index contributed by atoms with van der Waals surface area (Å²) in [6, 6.07) is 11.1. The fourth-order valence-electron chi connectivity index (χ4n) is 1.24. The Morgan fingerprint density at radius 1 is 1.35 bits per heavy atom. The zero-order chi connectivity index (χ0) is 12.1. The van der Waals surface area contributed by atoms with E-state index in [9.17, 15) is 4.79 Å². The molecule has 0 saturated heterocycles. The Morgan fingerprint density at radius 3 is 2.76 bits per heavy atom. The van der Waals surface area contributed by atoms with Gasteiger partial charge >= 0.3 is 6.09 Å². The molecule has 0 saturated carbocycles. The third-order valence-electron chi connectivity index (χ3n) is 1.99. The van der Waals surface area contributed by atoms with Gasteiger partial charge in [0.2, 0.25) is 0 Å². The number of carbonyl (C=O) groups excluding carboxylic acids is 1. The Morgan fingerprint density at radius 2 is 2.12 bits per heavy atom. The molecule has 1 aromatic heterocycles. The van der Waals surface area contributed by atoms with Crippen molar-refractivity contribution in [3.63, 3.8) is 0 Å². The molecule has 0 atom stereocenters. The number of para-hydroxylation sites is 1. The molecule has 1 aromatic carbocycles. The van der Waals surface area contributed by atoms with E-state index in [1.54, 1.807) is 11.3 Å². The number of amides is 1. The molecular formula is C12H10BrNO2S. The van der Waals surface area contributed by atoms with Gasteiger partial charge in [-0.15, -0.1) is 11.3 Å². The SMILES string of the molecule is O=C(Nc1ccccc1)OCc1cc(Br)cs1. The lowest BCUT2D eigenvalue weighted by molar-refractivity contribution is 0.156. The highest BCUT2D eigenvalue weighted by Gasteiger charge is 2.04. The van der Waals surface area contributed by atoms with Gasteiger partial charge in [-0.05, 0) is 34.1 Å². The van der Waals surface area contributed by atoms with Crippen LogP contribution in [-0.4, -0.2) is 6.09 Å². The van der Waals surface area contributed by atoms with Gasteiger partial charge in [0.25, 0.3) is 0 Å². The number of carbonyl (C=O) groups is 1. The molecule has 3 nitrogen and oxygen atoms in total. The van der Waals surface area contributed by atoms with Crippen molar-refractivity contribution < 1.29 is 9.53 Å². The van der Waals surface area contributed by atoms with Crippen LogP contribution in [0.2, 0.25) is 0 Å². The van der Waals surface area contributed by atoms with Gasteiger partial charge < -0.3 is 4.74 Å². The summed E-state index contributed by atoms with van der Waals surface area (Å²) >= 11 is 4.89. The lowest BCUT2D eigenvalue weighted by Gasteiger charge is -2.05. The molecular weight excluding hydrogens is 302 g/mol. The van der Waals surface area contributed by atoms with Crippen molar-refractivity contribution in [1.29, 1.82) is 0 Å². The summed E-state index contributed by atoms with van der Waals surface area (Å²) in [6.07, 6.45) is -0.444. The Labute approximate surface area is 112 Å². The maximum Gasteiger partial charge on any atom is 0.411 e. The minimum atomic E-state index is -0.444. The highest BCUT2D eigenvalue weighted by atomic mass is 79.9. The Hall–Kier alpha value is -1.33. The van der Waals surface area contributed by atoms with E-state index in [4.69, 9.17) is 4.74 Å². The van der Waals surface area contributed by atoms with Crippen molar-refractivity contribution in [2.45, 2.75) is 6.61 Å². The standard InChI is InChI=1S/C12H10BrNO2S/c13-9-6-11(17-8-9)7-16-12(15)14-10-4-2-1-3-5-10/h1-6,8H,7H2,(H,14,15). The quantitative estimate of drug-likeness (QED) is 0.919. The number of rotatable bonds is 3. The van der Waals surface area contributed by atoms with E-state index in [-0.39, 0.29) is 6.61 Å². The van der Waals surface area contributed by atoms with Gasteiger partial charge in [-0.3, -0.25) is 5.32 Å². The van der Waals surface area contributed by atoms with E-state index in [0.29, 0.717) is 0 Å². The first kappa shape index (κ1) is 12.1. The van der Waals surface area contributed by atoms with E-state index in [1.807, 2.05) is 41.8 Å². The Bertz CT molecular complexity index is 498. The zero-order valence-electron chi connectivity index (χ0n) is 8.85. The van der Waals surface area contributed by atoms with Crippen molar-refractivity contribution in [1.82, 2.24) is 0 Å². The fourth-order valence-corrected chi connectivity index (χ4v) is 2.60. The third kappa shape index (κ3) is 3.87. The molecule has 1 N–H and O–H groups in total. The second-order valence-electron chi connectivity index (χ2n) is 3.30. The Kier molecular flexibility index (Phi) is 4.17. The van der Waals surface area contributed by atoms with Gasteiger partial charge in [0.05, 0.1) is 0 Å². The van der Waals surface area contributed by atoms with E-state index in [0.717, 1.165) is 15.0 Å². The van der Waals surface area contributed by atoms with Crippen molar-refractivity contribution in [3.05, 3.63) is 51.1 Å². The van der Waals surface area contributed by atoms with Crippen LogP contribution < -0.4 is 5.32 Å². The number of halogens is 1. The van der Waals surface area contributed by atoms with Crippen LogP contribution in [0.3, 0.4) is 0 Å². The summed E-state index contributed by atoms with van der Waals surface area (Å²) in [5.41, 5.74) is 0.727. The van der Waals surface area contributed by atoms with Gasteiger partial charge in [0.1, 0.15) is 6.61 Å². The smallest absolute Gasteiger partial charge is 0.411 e. The molecule has 1 amide bonds. The molecule has 0 fully saturated rings. The lowest BCUT2D eigenvalue weighted by atomic mass is 10.3. The minimum absolute atomic E-state index is 0.287. The molecule has 5 heteroatoms. The predicted molar refractivity (Wildman–Crippen MR) is 72.3 cm³/mol. The molecule has 0 spiro atoms. The number of ether oxygens (including phenoxy) is 1. The van der Waals surface area contributed by atoms with Gasteiger partial charge in [0, 0.05) is 20.4 Å². The summed E-state index contributed by atoms with van der Waals surface area (Å²) in [7, 11) is 0. The molecule has 0 radical (unpaired) electrons. The van der Waals surface area contributed by atoms with Crippen molar-refractivity contribution in [2.75, 3.05) is 5.32 Å². The van der Waals surface area contributed by atoms with Gasteiger partial charge in [0.15, 0.2) is 0 Å². The van der Waals surface area contributed by atoms with Crippen molar-refractivity contribution >= 4 is 39.0 Å². The minimum Gasteiger partial charge on any atom is -0.444 e. The van der Waals surface area contributed by atoms with E-state index < -0.39 is 6.09 Å². The zero-order valence-corrected chi connectivity index (χ0v) is 11.3. The predicted octanol–water partition coefficient (Wildman–Crippen LogP) is 4.26. The topological polar surface area (TPSA) is 38.3 Å². The molecule has 0 aliphatic heterocycles. The van der Waals surface area contributed by atoms with E-state index in [1.165, 1.54) is 0 Å². The maximum absolute atomic E-state index is 11.5. The lowest BCUT2D eigenvalue weighted by Crippen LogP contribution is -2.12. The number of nitrogens with one attached hydrogen (secondary N) is 1. The molecule has 17 heavy (non-hydrogen) atoms. The monoisotopic (exact) mass is 311 g/mol. The normalized spacial score (nSPS) is 9.94. The third-order valence-corrected chi connectivity index (χ3v) is 3.66. The molecule has 0 unspecified atom stereocenters. The average Bonchev–Trinajstić information content (AvgIpc) is 2.74. The molecule has 2 rings (SSSR count). The van der Waals surface area contributed by atoms with Crippen LogP contribution in [0.1, 0.15) is 4.88 Å². The van der Waals surface area contributed by atoms with Crippen LogP contribution in [-0.2, 0) is 11.3 Å². The summed E-state index contributed by atoms with van der Waals surface area (Å²) in [6.45, 7) is 0.287. The second-order valence-corrected chi connectivity index (χ2v) is 5.21. The van der Waals surface area contributed by atoms with Crippen LogP contribution in [0.5, 0.6) is 0 Å². The summed E-state index contributed by atoms with van der Waals surface area (Å²) in [5.74, 6) is 0. The van der Waals surface area contributed by atoms with Crippen LogP contribution in [0, 0.1) is 0 Å². The first-order chi connectivity index (χ1) is 8.24. The first-order valence-electron chi connectivity index (χ1n) is 4.96. The van der Waals surface area contributed by atoms with Gasteiger partial charge in [-0.1, -0.05) is 18.2 Å². The maximum atomic E-state index is 11.5. The van der Waals surface area contributed by atoms with Gasteiger partial charge in [-0.2, -0.15) is 0 Å². The number of thiophene rings is 1. The molecule has 0 bridgehead atoms. The van der Waals surface area contributed by atoms with Crippen LogP contribution in [0.15, 0.2) is 46.3 Å². The van der Waals surface area contributed by atoms with Crippen LogP contribution in [0.25, 0.3) is 0 Å². The molecule has 0 aliphatic rings. The summed E-state index contributed by atoms with van der Waals surface area (Å²) < 4.78 is 6.09. The summed E-state index contributed by atoms with van der Waals surface area (Å²) in [5, 5.41) is 4.60. The van der Waals surface area contributed by atoms with Crippen molar-refractivity contribution in [3.8, 4) is 0 Å². The number of hydrogen-bond acceptors (Lipinski definition) is 3. The Balaban J connectivity index is 1.82. The first-order valence-corrected chi connectivity index (χ1v) is 6.63. The highest BCUT2D eigenvalue weighted by molar-refractivity contribution is 9.10. The largest absolute Gasteiger partial charge is 0.444 e. The fraction of sp³-hybridized carbons (Fsp3) is 0.0833. The van der Waals surface area contributed by atoms with Crippen molar-refractivity contribution in [2.24, 2.45) is 0 Å². The molecule has 0 aliphatic carbocycles. The van der Waals surface area contributed by atoms with E-state index in [2.05, 4.69) is 21.2 Å². The average molecular weight is 312 g/mol. The molecule has 1 heterocycles.